The minimum atomic E-state index is -0.350. The fraction of sp³-hybridized carbons (Fsp3) is 0.133. The van der Waals surface area contributed by atoms with Crippen molar-refractivity contribution in [1.29, 1.82) is 0 Å². The molecule has 0 amide bonds. The van der Waals surface area contributed by atoms with E-state index in [0.29, 0.717) is 27.0 Å². The van der Waals surface area contributed by atoms with E-state index in [0.717, 1.165) is 0 Å². The lowest BCUT2D eigenvalue weighted by atomic mass is 10.2. The highest BCUT2D eigenvalue weighted by molar-refractivity contribution is 9.10. The standard InChI is InChI=1S/C15H10BrFN6O2/c1-22-13-11(12(16)20-22)15(24)23(7-18-13)6-10-19-14(25-21-10)8-2-4-9(17)5-3-8/h2-5,7H,6H2,1H3. The van der Waals surface area contributed by atoms with Gasteiger partial charge in [0.15, 0.2) is 11.5 Å². The number of aryl methyl sites for hydroxylation is 1. The lowest BCUT2D eigenvalue weighted by molar-refractivity contribution is 0.420. The maximum atomic E-state index is 13.0. The summed E-state index contributed by atoms with van der Waals surface area (Å²) in [6.45, 7) is 0.0911. The van der Waals surface area contributed by atoms with Crippen LogP contribution in [0.5, 0.6) is 0 Å². The molecule has 0 N–H and O–H groups in total. The maximum Gasteiger partial charge on any atom is 0.266 e. The molecule has 4 aromatic rings. The van der Waals surface area contributed by atoms with Crippen molar-refractivity contribution in [1.82, 2.24) is 29.5 Å². The van der Waals surface area contributed by atoms with Gasteiger partial charge >= 0.3 is 0 Å². The second-order valence-electron chi connectivity index (χ2n) is 5.31. The molecule has 1 aromatic carbocycles. The highest BCUT2D eigenvalue weighted by Crippen LogP contribution is 2.19. The molecule has 10 heteroatoms. The highest BCUT2D eigenvalue weighted by atomic mass is 79.9. The largest absolute Gasteiger partial charge is 0.334 e. The third kappa shape index (κ3) is 2.74. The van der Waals surface area contributed by atoms with Crippen molar-refractivity contribution >= 4 is 27.0 Å². The Bertz CT molecular complexity index is 1130. The molecule has 0 aliphatic rings. The van der Waals surface area contributed by atoms with Crippen molar-refractivity contribution in [2.24, 2.45) is 7.05 Å². The normalized spacial score (nSPS) is 11.3. The van der Waals surface area contributed by atoms with Crippen LogP contribution >= 0.6 is 15.9 Å². The van der Waals surface area contributed by atoms with Gasteiger partial charge in [-0.05, 0) is 40.2 Å². The zero-order valence-corrected chi connectivity index (χ0v) is 14.4. The predicted octanol–water partition coefficient (Wildman–Crippen LogP) is 2.13. The molecule has 25 heavy (non-hydrogen) atoms. The monoisotopic (exact) mass is 404 g/mol. The van der Waals surface area contributed by atoms with Crippen molar-refractivity contribution in [3.05, 3.63) is 57.2 Å². The summed E-state index contributed by atoms with van der Waals surface area (Å²) in [5.41, 5.74) is 0.808. The lowest BCUT2D eigenvalue weighted by Gasteiger charge is -2.01. The average Bonchev–Trinajstić information content (AvgIpc) is 3.16. The first kappa shape index (κ1) is 15.6. The lowest BCUT2D eigenvalue weighted by Crippen LogP contribution is -2.21. The smallest absolute Gasteiger partial charge is 0.266 e. The fourth-order valence-electron chi connectivity index (χ4n) is 2.43. The van der Waals surface area contributed by atoms with Crippen LogP contribution in [-0.2, 0) is 13.6 Å². The van der Waals surface area contributed by atoms with Gasteiger partial charge in [-0.3, -0.25) is 9.36 Å². The summed E-state index contributed by atoms with van der Waals surface area (Å²) >= 11 is 3.26. The van der Waals surface area contributed by atoms with Gasteiger partial charge in [0.25, 0.3) is 11.4 Å². The maximum absolute atomic E-state index is 13.0. The number of hydrogen-bond donors (Lipinski definition) is 0. The molecule has 0 saturated carbocycles. The van der Waals surface area contributed by atoms with E-state index in [1.54, 1.807) is 19.2 Å². The Kier molecular flexibility index (Phi) is 3.68. The summed E-state index contributed by atoms with van der Waals surface area (Å²) in [6.07, 6.45) is 1.41. The summed E-state index contributed by atoms with van der Waals surface area (Å²) in [5, 5.41) is 8.37. The van der Waals surface area contributed by atoms with Gasteiger partial charge in [-0.25, -0.2) is 14.1 Å². The minimum absolute atomic E-state index is 0.0911. The molecule has 126 valence electrons. The number of hydrogen-bond acceptors (Lipinski definition) is 6. The summed E-state index contributed by atoms with van der Waals surface area (Å²) in [6, 6.07) is 5.70. The van der Waals surface area contributed by atoms with Crippen LogP contribution in [0.2, 0.25) is 0 Å². The van der Waals surface area contributed by atoms with Gasteiger partial charge in [-0.2, -0.15) is 10.1 Å². The van der Waals surface area contributed by atoms with Gasteiger partial charge in [0.05, 0.1) is 6.54 Å². The molecule has 0 unspecified atom stereocenters. The second kappa shape index (κ2) is 5.88. The van der Waals surface area contributed by atoms with E-state index in [4.69, 9.17) is 4.52 Å². The predicted molar refractivity (Wildman–Crippen MR) is 89.3 cm³/mol. The van der Waals surface area contributed by atoms with Gasteiger partial charge in [-0.15, -0.1) is 0 Å². The first-order chi connectivity index (χ1) is 12.0. The Hall–Kier alpha value is -2.88. The van der Waals surface area contributed by atoms with Crippen molar-refractivity contribution in [2.45, 2.75) is 6.54 Å². The zero-order valence-electron chi connectivity index (χ0n) is 12.8. The Morgan fingerprint density at radius 2 is 2.04 bits per heavy atom. The average molecular weight is 405 g/mol. The van der Waals surface area contributed by atoms with E-state index in [1.165, 1.54) is 27.7 Å². The molecule has 3 heterocycles. The van der Waals surface area contributed by atoms with Crippen molar-refractivity contribution in [3.8, 4) is 11.5 Å². The van der Waals surface area contributed by atoms with E-state index in [9.17, 15) is 9.18 Å². The highest BCUT2D eigenvalue weighted by Gasteiger charge is 2.15. The van der Waals surface area contributed by atoms with Gasteiger partial charge in [0.1, 0.15) is 22.1 Å². The molecular formula is C15H10BrFN6O2. The number of aromatic nitrogens is 6. The van der Waals surface area contributed by atoms with Gasteiger partial charge < -0.3 is 4.52 Å². The number of fused-ring (bicyclic) bond motifs is 1. The van der Waals surface area contributed by atoms with Crippen LogP contribution in [0.3, 0.4) is 0 Å². The Morgan fingerprint density at radius 1 is 1.28 bits per heavy atom. The van der Waals surface area contributed by atoms with Crippen LogP contribution < -0.4 is 5.56 Å². The number of benzene rings is 1. The Labute approximate surface area is 148 Å². The van der Waals surface area contributed by atoms with E-state index in [-0.39, 0.29) is 23.8 Å². The molecule has 0 radical (unpaired) electrons. The summed E-state index contributed by atoms with van der Waals surface area (Å²) in [5.74, 6) is 0.207. The third-order valence-electron chi connectivity index (χ3n) is 3.64. The minimum Gasteiger partial charge on any atom is -0.334 e. The van der Waals surface area contributed by atoms with Gasteiger partial charge in [0, 0.05) is 12.6 Å². The molecule has 0 atom stereocenters. The van der Waals surface area contributed by atoms with E-state index in [2.05, 4.69) is 36.2 Å². The zero-order chi connectivity index (χ0) is 17.6. The van der Waals surface area contributed by atoms with Gasteiger partial charge in [0.2, 0.25) is 0 Å². The molecule has 0 spiro atoms. The molecule has 8 nitrogen and oxygen atoms in total. The molecule has 4 rings (SSSR count). The molecule has 0 aliphatic heterocycles. The number of nitrogens with zero attached hydrogens (tertiary/aromatic N) is 6. The van der Waals surface area contributed by atoms with Crippen molar-refractivity contribution in [3.63, 3.8) is 0 Å². The molecule has 0 saturated heterocycles. The molecule has 0 aliphatic carbocycles. The third-order valence-corrected chi connectivity index (χ3v) is 4.19. The SMILES string of the molecule is Cn1nc(Br)c2c(=O)n(Cc3noc(-c4ccc(F)cc4)n3)cnc21. The summed E-state index contributed by atoms with van der Waals surface area (Å²) in [4.78, 5) is 21.1. The van der Waals surface area contributed by atoms with Gasteiger partial charge in [-0.1, -0.05) is 5.16 Å². The number of rotatable bonds is 3. The molecule has 0 fully saturated rings. The first-order valence-corrected chi connectivity index (χ1v) is 7.98. The van der Waals surface area contributed by atoms with Crippen LogP contribution in [0.1, 0.15) is 5.82 Å². The van der Waals surface area contributed by atoms with E-state index in [1.807, 2.05) is 0 Å². The Balaban J connectivity index is 1.68. The molecule has 3 aromatic heterocycles. The van der Waals surface area contributed by atoms with Crippen LogP contribution in [0.15, 0.2) is 44.5 Å². The van der Waals surface area contributed by atoms with Crippen LogP contribution in [0.4, 0.5) is 4.39 Å². The van der Waals surface area contributed by atoms with Crippen LogP contribution in [-0.4, -0.2) is 29.5 Å². The second-order valence-corrected chi connectivity index (χ2v) is 6.06. The summed E-state index contributed by atoms with van der Waals surface area (Å²) < 4.78 is 21.5. The fourth-order valence-corrected chi connectivity index (χ4v) is 3.01. The first-order valence-electron chi connectivity index (χ1n) is 7.19. The van der Waals surface area contributed by atoms with Crippen molar-refractivity contribution in [2.75, 3.05) is 0 Å². The van der Waals surface area contributed by atoms with E-state index >= 15 is 0 Å². The Morgan fingerprint density at radius 3 is 2.80 bits per heavy atom. The number of halogens is 2. The van der Waals surface area contributed by atoms with E-state index < -0.39 is 0 Å². The summed E-state index contributed by atoms with van der Waals surface area (Å²) in [7, 11) is 1.71. The van der Waals surface area contributed by atoms with Crippen LogP contribution in [0.25, 0.3) is 22.5 Å². The van der Waals surface area contributed by atoms with Crippen LogP contribution in [0, 0.1) is 5.82 Å². The topological polar surface area (TPSA) is 91.6 Å². The quantitative estimate of drug-likeness (QED) is 0.519. The molecule has 0 bridgehead atoms. The molecular weight excluding hydrogens is 395 g/mol. The van der Waals surface area contributed by atoms with Crippen molar-refractivity contribution < 1.29 is 8.91 Å².